The highest BCUT2D eigenvalue weighted by atomic mass is 16.2. The van der Waals surface area contributed by atoms with Gasteiger partial charge in [-0.05, 0) is 43.5 Å². The number of hydrogen-bond acceptors (Lipinski definition) is 4. The van der Waals surface area contributed by atoms with E-state index in [-0.39, 0.29) is 11.9 Å². The highest BCUT2D eigenvalue weighted by Gasteiger charge is 2.28. The van der Waals surface area contributed by atoms with Crippen molar-refractivity contribution in [1.29, 1.82) is 0 Å². The average Bonchev–Trinajstić information content (AvgIpc) is 3.24. The summed E-state index contributed by atoms with van der Waals surface area (Å²) >= 11 is 0. The lowest BCUT2D eigenvalue weighted by molar-refractivity contribution is -0.118. The largest absolute Gasteiger partial charge is 0.324 e. The fourth-order valence-electron chi connectivity index (χ4n) is 4.06. The Kier molecular flexibility index (Phi) is 7.54. The van der Waals surface area contributed by atoms with Crippen LogP contribution in [0.2, 0.25) is 0 Å². The summed E-state index contributed by atoms with van der Waals surface area (Å²) in [6.07, 6.45) is 2.46. The van der Waals surface area contributed by atoms with Crippen LogP contribution >= 0.6 is 0 Å². The molecule has 0 saturated carbocycles. The maximum absolute atomic E-state index is 13.2. The van der Waals surface area contributed by atoms with Crippen LogP contribution in [0.15, 0.2) is 72.9 Å². The van der Waals surface area contributed by atoms with E-state index in [1.807, 2.05) is 43.3 Å². The minimum Gasteiger partial charge on any atom is -0.323 e. The van der Waals surface area contributed by atoms with Gasteiger partial charge in [-0.2, -0.15) is 0 Å². The molecule has 3 amide bonds. The van der Waals surface area contributed by atoms with Crippen LogP contribution in [0, 0.1) is 6.92 Å². The van der Waals surface area contributed by atoms with E-state index in [9.17, 15) is 9.59 Å². The summed E-state index contributed by atoms with van der Waals surface area (Å²) in [4.78, 5) is 33.5. The molecule has 0 aliphatic carbocycles. The molecule has 1 fully saturated rings. The van der Waals surface area contributed by atoms with Crippen LogP contribution in [0.5, 0.6) is 0 Å². The predicted octanol–water partition coefficient (Wildman–Crippen LogP) is 4.16. The second kappa shape index (κ2) is 10.9. The Morgan fingerprint density at radius 2 is 1.79 bits per heavy atom. The molecule has 1 aliphatic rings. The molecule has 2 aromatic carbocycles. The lowest BCUT2D eigenvalue weighted by atomic mass is 10.1. The van der Waals surface area contributed by atoms with Crippen molar-refractivity contribution in [2.75, 3.05) is 36.4 Å². The number of benzene rings is 2. The van der Waals surface area contributed by atoms with E-state index < -0.39 is 6.04 Å². The SMILES string of the molecule is CCN1CCN(c2ccc(NC(=O)[C@@H](NCCc3ccc(C)cc3)c3ccccc3)nc2)C1=O. The number of carbonyl (C=O) groups excluding carboxylic acids is 2. The minimum atomic E-state index is -0.508. The summed E-state index contributed by atoms with van der Waals surface area (Å²) in [7, 11) is 0. The Bertz CT molecular complexity index is 1100. The second-order valence-electron chi connectivity index (χ2n) is 8.44. The zero-order valence-corrected chi connectivity index (χ0v) is 19.7. The summed E-state index contributed by atoms with van der Waals surface area (Å²) < 4.78 is 0. The molecule has 34 heavy (non-hydrogen) atoms. The third kappa shape index (κ3) is 5.61. The van der Waals surface area contributed by atoms with Gasteiger partial charge in [0, 0.05) is 26.2 Å². The maximum Gasteiger partial charge on any atom is 0.324 e. The molecule has 0 radical (unpaired) electrons. The van der Waals surface area contributed by atoms with E-state index in [2.05, 4.69) is 46.8 Å². The van der Waals surface area contributed by atoms with Crippen LogP contribution in [0.3, 0.4) is 0 Å². The highest BCUT2D eigenvalue weighted by molar-refractivity contribution is 5.96. The predicted molar refractivity (Wildman–Crippen MR) is 135 cm³/mol. The number of nitrogens with one attached hydrogen (secondary N) is 2. The van der Waals surface area contributed by atoms with Crippen molar-refractivity contribution >= 4 is 23.4 Å². The van der Waals surface area contributed by atoms with Crippen LogP contribution in [0.25, 0.3) is 0 Å². The lowest BCUT2D eigenvalue weighted by Crippen LogP contribution is -2.34. The topological polar surface area (TPSA) is 77.6 Å². The van der Waals surface area contributed by atoms with Crippen molar-refractivity contribution < 1.29 is 9.59 Å². The number of aryl methyl sites for hydroxylation is 1. The van der Waals surface area contributed by atoms with Gasteiger partial charge in [0.25, 0.3) is 0 Å². The Balaban J connectivity index is 1.41. The quantitative estimate of drug-likeness (QED) is 0.506. The van der Waals surface area contributed by atoms with E-state index in [0.717, 1.165) is 17.7 Å². The van der Waals surface area contributed by atoms with Gasteiger partial charge >= 0.3 is 6.03 Å². The lowest BCUT2D eigenvalue weighted by Gasteiger charge is -2.20. The van der Waals surface area contributed by atoms with Gasteiger partial charge in [0.2, 0.25) is 5.91 Å². The molecule has 0 bridgehead atoms. The summed E-state index contributed by atoms with van der Waals surface area (Å²) in [5.74, 6) is 0.277. The van der Waals surface area contributed by atoms with E-state index in [1.54, 1.807) is 22.1 Å². The number of likely N-dealkylation sites (N-methyl/N-ethyl adjacent to an activating group) is 1. The first-order valence-electron chi connectivity index (χ1n) is 11.7. The average molecular weight is 458 g/mol. The number of carbonyl (C=O) groups is 2. The highest BCUT2D eigenvalue weighted by Crippen LogP contribution is 2.21. The molecule has 7 heteroatoms. The van der Waals surface area contributed by atoms with Crippen LogP contribution in [0.4, 0.5) is 16.3 Å². The second-order valence-corrected chi connectivity index (χ2v) is 8.44. The standard InChI is InChI=1S/C27H31N5O2/c1-3-31-17-18-32(27(31)34)23-13-14-24(29-19-23)30-26(33)25(22-7-5-4-6-8-22)28-16-15-21-11-9-20(2)10-12-21/h4-14,19,25,28H,3,15-18H2,1-2H3,(H,29,30,33)/t25-/m0/s1. The minimum absolute atomic E-state index is 0.0111. The van der Waals surface area contributed by atoms with E-state index in [0.29, 0.717) is 32.0 Å². The Labute approximate surface area is 200 Å². The molecule has 0 spiro atoms. The fourth-order valence-corrected chi connectivity index (χ4v) is 4.06. The molecule has 2 N–H and O–H groups in total. The van der Waals surface area contributed by atoms with E-state index >= 15 is 0 Å². The Morgan fingerprint density at radius 1 is 1.03 bits per heavy atom. The number of anilines is 2. The molecule has 7 nitrogen and oxygen atoms in total. The van der Waals surface area contributed by atoms with Gasteiger partial charge < -0.3 is 15.5 Å². The van der Waals surface area contributed by atoms with E-state index in [4.69, 9.17) is 0 Å². The first-order chi connectivity index (χ1) is 16.5. The molecule has 1 saturated heterocycles. The summed E-state index contributed by atoms with van der Waals surface area (Å²) in [5.41, 5.74) is 4.08. The number of amides is 3. The molecule has 3 aromatic rings. The Morgan fingerprint density at radius 3 is 2.44 bits per heavy atom. The van der Waals surface area contributed by atoms with Gasteiger partial charge in [0.05, 0.1) is 11.9 Å². The third-order valence-electron chi connectivity index (χ3n) is 6.07. The number of rotatable bonds is 9. The van der Waals surface area contributed by atoms with Crippen LogP contribution in [-0.2, 0) is 11.2 Å². The summed E-state index contributed by atoms with van der Waals surface area (Å²) in [5, 5.41) is 6.31. The van der Waals surface area contributed by atoms with Gasteiger partial charge in [0.15, 0.2) is 0 Å². The van der Waals surface area contributed by atoms with Gasteiger partial charge in [-0.25, -0.2) is 9.78 Å². The molecule has 2 heterocycles. The molecule has 176 valence electrons. The van der Waals surface area contributed by atoms with Crippen LogP contribution in [0.1, 0.15) is 29.7 Å². The normalized spacial score (nSPS) is 14.4. The summed E-state index contributed by atoms with van der Waals surface area (Å²) in [6.45, 7) is 6.74. The van der Waals surface area contributed by atoms with Crippen molar-refractivity contribution in [2.45, 2.75) is 26.3 Å². The first kappa shape index (κ1) is 23.4. The third-order valence-corrected chi connectivity index (χ3v) is 6.07. The molecule has 1 aromatic heterocycles. The molecule has 1 aliphatic heterocycles. The monoisotopic (exact) mass is 457 g/mol. The molecule has 1 atom stereocenters. The Hall–Kier alpha value is -3.71. The van der Waals surface area contributed by atoms with Crippen molar-refractivity contribution in [2.24, 2.45) is 0 Å². The van der Waals surface area contributed by atoms with E-state index in [1.165, 1.54) is 11.1 Å². The number of hydrogen-bond donors (Lipinski definition) is 2. The maximum atomic E-state index is 13.2. The smallest absolute Gasteiger partial charge is 0.323 e. The molecular formula is C27H31N5O2. The summed E-state index contributed by atoms with van der Waals surface area (Å²) in [6, 6.07) is 21.1. The fraction of sp³-hybridized carbons (Fsp3) is 0.296. The number of urea groups is 1. The van der Waals surface area contributed by atoms with Crippen molar-refractivity contribution in [3.63, 3.8) is 0 Å². The van der Waals surface area contributed by atoms with Gasteiger partial charge in [0.1, 0.15) is 11.9 Å². The molecular weight excluding hydrogens is 426 g/mol. The first-order valence-corrected chi connectivity index (χ1v) is 11.7. The number of pyridine rings is 1. The van der Waals surface area contributed by atoms with Gasteiger partial charge in [-0.3, -0.25) is 9.69 Å². The molecule has 4 rings (SSSR count). The van der Waals surface area contributed by atoms with Crippen molar-refractivity contribution in [3.05, 3.63) is 89.6 Å². The zero-order chi connectivity index (χ0) is 23.9. The number of aromatic nitrogens is 1. The van der Waals surface area contributed by atoms with Crippen LogP contribution < -0.4 is 15.5 Å². The van der Waals surface area contributed by atoms with Crippen molar-refractivity contribution in [3.8, 4) is 0 Å². The zero-order valence-electron chi connectivity index (χ0n) is 19.7. The van der Waals surface area contributed by atoms with Crippen molar-refractivity contribution in [1.82, 2.24) is 15.2 Å². The van der Waals surface area contributed by atoms with Crippen LogP contribution in [-0.4, -0.2) is 48.0 Å². The van der Waals surface area contributed by atoms with Gasteiger partial charge in [-0.1, -0.05) is 60.2 Å². The molecule has 0 unspecified atom stereocenters. The van der Waals surface area contributed by atoms with Gasteiger partial charge in [-0.15, -0.1) is 0 Å². The number of nitrogens with zero attached hydrogens (tertiary/aromatic N) is 3.